The average molecular weight is 382 g/mol. The van der Waals surface area contributed by atoms with Crippen LogP contribution in [0, 0.1) is 0 Å². The zero-order valence-electron chi connectivity index (χ0n) is 4.25. The van der Waals surface area contributed by atoms with E-state index < -0.39 is 0 Å². The van der Waals surface area contributed by atoms with Gasteiger partial charge in [-0.05, 0) is 0 Å². The second-order valence-corrected chi connectivity index (χ2v) is 15.5. The summed E-state index contributed by atoms with van der Waals surface area (Å²) < 4.78 is 5.37. The Morgan fingerprint density at radius 2 is 1.67 bits per heavy atom. The molecule has 1 aromatic rings. The first kappa shape index (κ1) is 7.15. The van der Waals surface area contributed by atoms with Gasteiger partial charge in [0.1, 0.15) is 0 Å². The maximum absolute atomic E-state index is 10.9. The fraction of sp³-hybridized carbons (Fsp3) is 0.250. The SMILES string of the molecule is O=c1[se]c2c([se]1)[Se]C[Se]2. The molecule has 5 heteroatoms. The molecule has 0 bridgehead atoms. The third-order valence-electron chi connectivity index (χ3n) is 0.899. The van der Waals surface area contributed by atoms with E-state index in [9.17, 15) is 4.79 Å². The van der Waals surface area contributed by atoms with Crippen LogP contribution in [0.4, 0.5) is 0 Å². The predicted octanol–water partition coefficient (Wildman–Crippen LogP) is -2.79. The molecule has 0 aromatic carbocycles. The molecule has 0 radical (unpaired) electrons. The van der Waals surface area contributed by atoms with Crippen LogP contribution in [0.2, 0.25) is 4.22 Å². The fourth-order valence-electron chi connectivity index (χ4n) is 0.569. The summed E-state index contributed by atoms with van der Waals surface area (Å²) >= 11 is 2.24. The predicted molar refractivity (Wildman–Crippen MR) is 42.2 cm³/mol. The monoisotopic (exact) mass is 386 g/mol. The molecule has 0 saturated heterocycles. The Kier molecular flexibility index (Phi) is 2.27. The van der Waals surface area contributed by atoms with Crippen LogP contribution in [0.5, 0.6) is 0 Å². The molecule has 1 aliphatic rings. The molecule has 1 aromatic heterocycles. The summed E-state index contributed by atoms with van der Waals surface area (Å²) in [6.45, 7) is 0. The number of rotatable bonds is 0. The molecule has 2 heterocycles. The Labute approximate surface area is 77.0 Å². The summed E-state index contributed by atoms with van der Waals surface area (Å²) in [5.41, 5.74) is 0. The molecule has 1 nitrogen and oxygen atoms in total. The van der Waals surface area contributed by atoms with Gasteiger partial charge in [0, 0.05) is 0 Å². The summed E-state index contributed by atoms with van der Waals surface area (Å²) in [6, 6.07) is 0. The van der Waals surface area contributed by atoms with Crippen LogP contribution >= 0.6 is 0 Å². The number of hydrogen-bond donors (Lipinski definition) is 0. The minimum atomic E-state index is 0.341. The first-order valence-electron chi connectivity index (χ1n) is 2.26. The Morgan fingerprint density at radius 3 is 2.22 bits per heavy atom. The molecule has 9 heavy (non-hydrogen) atoms. The third-order valence-corrected chi connectivity index (χ3v) is 17.1. The summed E-state index contributed by atoms with van der Waals surface area (Å²) in [6.07, 6.45) is 0. The van der Waals surface area contributed by atoms with Crippen LogP contribution in [0.25, 0.3) is 0 Å². The molecule has 0 fully saturated rings. The van der Waals surface area contributed by atoms with E-state index in [2.05, 4.69) is 0 Å². The zero-order valence-corrected chi connectivity index (χ0v) is 11.1. The first-order valence-corrected chi connectivity index (χ1v) is 9.82. The van der Waals surface area contributed by atoms with E-state index in [4.69, 9.17) is 0 Å². The van der Waals surface area contributed by atoms with Crippen molar-refractivity contribution < 1.29 is 0 Å². The van der Waals surface area contributed by atoms with E-state index in [0.29, 0.717) is 32.2 Å². The molecule has 0 aliphatic carbocycles. The molecular weight excluding hydrogens is 380 g/mol. The van der Waals surface area contributed by atoms with Gasteiger partial charge in [0.2, 0.25) is 0 Å². The Hall–Kier alpha value is 1.49. The Bertz CT molecular complexity index is 248. The summed E-state index contributed by atoms with van der Waals surface area (Å²) in [7, 11) is 0. The zero-order chi connectivity index (χ0) is 6.27. The third kappa shape index (κ3) is 1.40. The van der Waals surface area contributed by atoms with Gasteiger partial charge < -0.3 is 0 Å². The number of hydrogen-bond acceptors (Lipinski definition) is 1. The van der Waals surface area contributed by atoms with E-state index in [1.54, 1.807) is 6.67 Å². The molecule has 0 atom stereocenters. The van der Waals surface area contributed by atoms with Gasteiger partial charge in [-0.3, -0.25) is 0 Å². The molecule has 0 amide bonds. The minimum absolute atomic E-state index is 0.341. The molecule has 0 spiro atoms. The molecule has 0 saturated carbocycles. The van der Waals surface area contributed by atoms with Gasteiger partial charge in [-0.1, -0.05) is 0 Å². The van der Waals surface area contributed by atoms with Crippen molar-refractivity contribution in [2.24, 2.45) is 0 Å². The quantitative estimate of drug-likeness (QED) is 0.444. The van der Waals surface area contributed by atoms with Crippen molar-refractivity contribution >= 4 is 65.6 Å². The molecule has 0 unspecified atom stereocenters. The van der Waals surface area contributed by atoms with Crippen molar-refractivity contribution in [2.75, 3.05) is 0 Å². The van der Waals surface area contributed by atoms with Crippen LogP contribution < -0.4 is 9.85 Å². The van der Waals surface area contributed by atoms with Crippen LogP contribution in [-0.4, -0.2) is 58.9 Å². The Morgan fingerprint density at radius 1 is 1.11 bits per heavy atom. The van der Waals surface area contributed by atoms with Crippen molar-refractivity contribution in [2.45, 2.75) is 4.22 Å². The van der Waals surface area contributed by atoms with E-state index in [0.717, 1.165) is 29.9 Å². The Balaban J connectivity index is 2.64. The van der Waals surface area contributed by atoms with Gasteiger partial charge in [0.05, 0.1) is 0 Å². The normalized spacial score (nSPS) is 16.0. The van der Waals surface area contributed by atoms with Crippen LogP contribution in [-0.2, 0) is 0 Å². The molecular formula is C4H2OSe4. The van der Waals surface area contributed by atoms with Crippen molar-refractivity contribution in [3.05, 3.63) is 7.97 Å². The van der Waals surface area contributed by atoms with E-state index in [1.807, 2.05) is 0 Å². The van der Waals surface area contributed by atoms with E-state index in [-0.39, 0.29) is 0 Å². The summed E-state index contributed by atoms with van der Waals surface area (Å²) in [4.78, 5) is 10.9. The van der Waals surface area contributed by atoms with Crippen molar-refractivity contribution in [1.29, 1.82) is 0 Å². The van der Waals surface area contributed by atoms with Crippen molar-refractivity contribution in [3.8, 4) is 0 Å². The topological polar surface area (TPSA) is 17.1 Å². The summed E-state index contributed by atoms with van der Waals surface area (Å²) in [5, 5.41) is 0. The summed E-state index contributed by atoms with van der Waals surface area (Å²) in [5.74, 6) is 0. The maximum atomic E-state index is 10.9. The van der Waals surface area contributed by atoms with E-state index in [1.165, 1.54) is 4.22 Å². The number of fused-ring (bicyclic) bond motifs is 1. The molecule has 48 valence electrons. The van der Waals surface area contributed by atoms with Crippen molar-refractivity contribution in [1.82, 2.24) is 0 Å². The standard InChI is InChI=1S/C4H2OSe4/c5-4-8-2-3(9-4)7-1-6-2/h1H2. The van der Waals surface area contributed by atoms with Crippen LogP contribution in [0.15, 0.2) is 4.79 Å². The van der Waals surface area contributed by atoms with Gasteiger partial charge in [0.25, 0.3) is 0 Å². The van der Waals surface area contributed by atoms with Gasteiger partial charge in [-0.15, -0.1) is 0 Å². The van der Waals surface area contributed by atoms with Gasteiger partial charge >= 0.3 is 77.8 Å². The van der Waals surface area contributed by atoms with Crippen molar-refractivity contribution in [3.63, 3.8) is 0 Å². The van der Waals surface area contributed by atoms with Crippen LogP contribution in [0.3, 0.4) is 0 Å². The van der Waals surface area contributed by atoms with Gasteiger partial charge in [-0.25, -0.2) is 0 Å². The van der Waals surface area contributed by atoms with Gasteiger partial charge in [-0.2, -0.15) is 0 Å². The first-order chi connectivity index (χ1) is 4.36. The van der Waals surface area contributed by atoms with E-state index >= 15 is 0 Å². The van der Waals surface area contributed by atoms with Gasteiger partial charge in [0.15, 0.2) is 0 Å². The fourth-order valence-corrected chi connectivity index (χ4v) is 23.8. The molecule has 2 rings (SSSR count). The average Bonchev–Trinajstić information content (AvgIpc) is 2.22. The molecule has 0 N–H and O–H groups in total. The van der Waals surface area contributed by atoms with Crippen LogP contribution in [0.1, 0.15) is 0 Å². The second-order valence-electron chi connectivity index (χ2n) is 1.44. The second kappa shape index (κ2) is 2.85. The molecule has 1 aliphatic heterocycles.